The van der Waals surface area contributed by atoms with Crippen molar-refractivity contribution < 1.29 is 28.6 Å². The van der Waals surface area contributed by atoms with Crippen LogP contribution in [0.4, 0.5) is 0 Å². The third-order valence-electron chi connectivity index (χ3n) is 5.13. The molecule has 2 aliphatic heterocycles. The first kappa shape index (κ1) is 20.1. The predicted molar refractivity (Wildman–Crippen MR) is 99.7 cm³/mol. The van der Waals surface area contributed by atoms with Gasteiger partial charge in [0.25, 0.3) is 5.91 Å². The quantitative estimate of drug-likeness (QED) is 0.699. The fraction of sp³-hybridized carbons (Fsp3) is 0.550. The molecule has 1 atom stereocenters. The van der Waals surface area contributed by atoms with E-state index in [9.17, 15) is 14.4 Å². The summed E-state index contributed by atoms with van der Waals surface area (Å²) in [5, 5.41) is 0. The molecule has 0 radical (unpaired) electrons. The number of hydrogen-bond acceptors (Lipinski definition) is 6. The Morgan fingerprint density at radius 1 is 1.11 bits per heavy atom. The van der Waals surface area contributed by atoms with Gasteiger partial charge in [-0.25, -0.2) is 4.79 Å². The molecule has 0 bridgehead atoms. The zero-order valence-corrected chi connectivity index (χ0v) is 15.8. The summed E-state index contributed by atoms with van der Waals surface area (Å²) in [6.07, 6.45) is 3.27. The molecule has 0 saturated carbocycles. The van der Waals surface area contributed by atoms with Gasteiger partial charge in [-0.05, 0) is 49.9 Å². The molecule has 0 unspecified atom stereocenters. The Kier molecular flexibility index (Phi) is 6.86. The minimum Gasteiger partial charge on any atom is -0.491 e. The minimum absolute atomic E-state index is 0.128. The van der Waals surface area contributed by atoms with Gasteiger partial charge >= 0.3 is 5.97 Å². The number of piperidine rings is 1. The van der Waals surface area contributed by atoms with Crippen LogP contribution in [0.5, 0.6) is 5.75 Å². The highest BCUT2D eigenvalue weighted by molar-refractivity contribution is 5.91. The summed E-state index contributed by atoms with van der Waals surface area (Å²) < 4.78 is 16.3. The third-order valence-corrected chi connectivity index (χ3v) is 5.13. The van der Waals surface area contributed by atoms with Crippen LogP contribution in [0.25, 0.3) is 0 Å². The maximum Gasteiger partial charge on any atom is 0.338 e. The first-order valence-electron chi connectivity index (χ1n) is 9.61. The molecule has 28 heavy (non-hydrogen) atoms. The van der Waals surface area contributed by atoms with Gasteiger partial charge in [0, 0.05) is 25.6 Å². The van der Waals surface area contributed by atoms with Crippen molar-refractivity contribution in [3.63, 3.8) is 0 Å². The fourth-order valence-corrected chi connectivity index (χ4v) is 3.37. The van der Waals surface area contributed by atoms with Crippen LogP contribution in [0.1, 0.15) is 36.0 Å². The van der Waals surface area contributed by atoms with E-state index in [0.717, 1.165) is 19.4 Å². The number of likely N-dealkylation sites (tertiary alicyclic amines) is 1. The van der Waals surface area contributed by atoms with Gasteiger partial charge in [-0.3, -0.25) is 9.59 Å². The van der Waals surface area contributed by atoms with Crippen molar-refractivity contribution in [1.82, 2.24) is 4.90 Å². The molecule has 2 aliphatic rings. The van der Waals surface area contributed by atoms with Crippen molar-refractivity contribution in [2.75, 3.05) is 32.9 Å². The number of amides is 2. The molecule has 2 amide bonds. The zero-order chi connectivity index (χ0) is 19.9. The van der Waals surface area contributed by atoms with Gasteiger partial charge in [-0.15, -0.1) is 0 Å². The van der Waals surface area contributed by atoms with Crippen LogP contribution >= 0.6 is 0 Å². The Hall–Kier alpha value is -2.61. The molecule has 0 aliphatic carbocycles. The largest absolute Gasteiger partial charge is 0.491 e. The number of hydrogen-bond donors (Lipinski definition) is 1. The second kappa shape index (κ2) is 9.54. The van der Waals surface area contributed by atoms with Crippen LogP contribution in [0.15, 0.2) is 24.3 Å². The number of primary amides is 1. The lowest BCUT2D eigenvalue weighted by molar-refractivity contribution is -0.137. The van der Waals surface area contributed by atoms with Crippen LogP contribution in [0, 0.1) is 5.92 Å². The van der Waals surface area contributed by atoms with Gasteiger partial charge in [0.1, 0.15) is 12.4 Å². The molecule has 0 spiro atoms. The molecule has 8 nitrogen and oxygen atoms in total. The molecule has 2 heterocycles. The molecule has 1 aromatic carbocycles. The number of esters is 1. The number of nitrogens with two attached hydrogens (primary N) is 1. The van der Waals surface area contributed by atoms with E-state index in [0.29, 0.717) is 43.9 Å². The number of ether oxygens (including phenoxy) is 3. The van der Waals surface area contributed by atoms with E-state index >= 15 is 0 Å². The van der Waals surface area contributed by atoms with E-state index < -0.39 is 5.97 Å². The number of rotatable bonds is 7. The molecule has 2 N–H and O–H groups in total. The summed E-state index contributed by atoms with van der Waals surface area (Å²) >= 11 is 0. The molecular weight excluding hydrogens is 364 g/mol. The summed E-state index contributed by atoms with van der Waals surface area (Å²) in [5.74, 6) is -0.700. The van der Waals surface area contributed by atoms with Gasteiger partial charge in [0.2, 0.25) is 5.91 Å². The Bertz CT molecular complexity index is 691. The van der Waals surface area contributed by atoms with Crippen molar-refractivity contribution in [3.8, 4) is 5.75 Å². The Morgan fingerprint density at radius 2 is 1.82 bits per heavy atom. The summed E-state index contributed by atoms with van der Waals surface area (Å²) in [5.41, 5.74) is 5.64. The van der Waals surface area contributed by atoms with E-state index in [1.165, 1.54) is 0 Å². The number of carbonyl (C=O) groups is 3. The van der Waals surface area contributed by atoms with Crippen LogP contribution in [-0.2, 0) is 19.1 Å². The highest BCUT2D eigenvalue weighted by Gasteiger charge is 2.26. The molecule has 3 rings (SSSR count). The SMILES string of the molecule is NC(=O)C1CCN(C(=O)COC(=O)c2ccc(OC[C@@H]3CCCO3)cc2)CC1. The normalized spacial score (nSPS) is 20.0. The molecule has 2 saturated heterocycles. The molecule has 2 fully saturated rings. The molecule has 1 aromatic rings. The van der Waals surface area contributed by atoms with Crippen molar-refractivity contribution in [3.05, 3.63) is 29.8 Å². The molecule has 8 heteroatoms. The first-order valence-corrected chi connectivity index (χ1v) is 9.61. The second-order valence-corrected chi connectivity index (χ2v) is 7.10. The minimum atomic E-state index is -0.564. The zero-order valence-electron chi connectivity index (χ0n) is 15.8. The molecular formula is C20H26N2O6. The van der Waals surface area contributed by atoms with Crippen molar-refractivity contribution in [2.24, 2.45) is 11.7 Å². The lowest BCUT2D eigenvalue weighted by atomic mass is 9.96. The van der Waals surface area contributed by atoms with E-state index in [2.05, 4.69) is 0 Å². The maximum atomic E-state index is 12.2. The Morgan fingerprint density at radius 3 is 2.43 bits per heavy atom. The number of carbonyl (C=O) groups excluding carboxylic acids is 3. The summed E-state index contributed by atoms with van der Waals surface area (Å²) in [7, 11) is 0. The van der Waals surface area contributed by atoms with Gasteiger partial charge in [-0.2, -0.15) is 0 Å². The molecule has 152 valence electrons. The van der Waals surface area contributed by atoms with Crippen molar-refractivity contribution >= 4 is 17.8 Å². The number of benzene rings is 1. The maximum absolute atomic E-state index is 12.2. The predicted octanol–water partition coefficient (Wildman–Crippen LogP) is 1.13. The van der Waals surface area contributed by atoms with Gasteiger partial charge in [0.15, 0.2) is 6.61 Å². The van der Waals surface area contributed by atoms with Gasteiger partial charge < -0.3 is 24.8 Å². The molecule has 0 aromatic heterocycles. The Labute approximate surface area is 163 Å². The fourth-order valence-electron chi connectivity index (χ4n) is 3.37. The van der Waals surface area contributed by atoms with Crippen LogP contribution in [-0.4, -0.2) is 61.7 Å². The summed E-state index contributed by atoms with van der Waals surface area (Å²) in [4.78, 5) is 37.1. The lowest BCUT2D eigenvalue weighted by Crippen LogP contribution is -2.43. The van der Waals surface area contributed by atoms with E-state index in [1.807, 2.05) is 0 Å². The summed E-state index contributed by atoms with van der Waals surface area (Å²) in [6.45, 7) is 1.84. The number of nitrogens with zero attached hydrogens (tertiary/aromatic N) is 1. The van der Waals surface area contributed by atoms with Crippen molar-refractivity contribution in [1.29, 1.82) is 0 Å². The standard InChI is InChI=1S/C20H26N2O6/c21-19(24)14-7-9-22(10-8-14)18(23)13-28-20(25)15-3-5-16(6-4-15)27-12-17-2-1-11-26-17/h3-6,14,17H,1-2,7-13H2,(H2,21,24)/t17-/m0/s1. The van der Waals surface area contributed by atoms with E-state index in [1.54, 1.807) is 29.2 Å². The smallest absolute Gasteiger partial charge is 0.338 e. The first-order chi connectivity index (χ1) is 13.5. The average molecular weight is 390 g/mol. The van der Waals surface area contributed by atoms with Crippen LogP contribution in [0.3, 0.4) is 0 Å². The van der Waals surface area contributed by atoms with Gasteiger partial charge in [-0.1, -0.05) is 0 Å². The van der Waals surface area contributed by atoms with E-state index in [4.69, 9.17) is 19.9 Å². The van der Waals surface area contributed by atoms with Crippen molar-refractivity contribution in [2.45, 2.75) is 31.8 Å². The van der Waals surface area contributed by atoms with E-state index in [-0.39, 0.29) is 30.4 Å². The van der Waals surface area contributed by atoms with Gasteiger partial charge in [0.05, 0.1) is 11.7 Å². The Balaban J connectivity index is 1.40. The topological polar surface area (TPSA) is 108 Å². The second-order valence-electron chi connectivity index (χ2n) is 7.10. The van der Waals surface area contributed by atoms with Crippen LogP contribution < -0.4 is 10.5 Å². The highest BCUT2D eigenvalue weighted by Crippen LogP contribution is 2.18. The summed E-state index contributed by atoms with van der Waals surface area (Å²) in [6, 6.07) is 6.61. The lowest BCUT2D eigenvalue weighted by Gasteiger charge is -2.30. The average Bonchev–Trinajstić information content (AvgIpc) is 3.24. The highest BCUT2D eigenvalue weighted by atomic mass is 16.5. The monoisotopic (exact) mass is 390 g/mol. The third kappa shape index (κ3) is 5.45. The van der Waals surface area contributed by atoms with Crippen LogP contribution in [0.2, 0.25) is 0 Å².